The number of rotatable bonds is 4. The van der Waals surface area contributed by atoms with Crippen molar-refractivity contribution in [3.63, 3.8) is 0 Å². The van der Waals surface area contributed by atoms with E-state index in [1.54, 1.807) is 0 Å². The highest BCUT2D eigenvalue weighted by Crippen LogP contribution is 2.29. The van der Waals surface area contributed by atoms with Crippen molar-refractivity contribution in [2.75, 3.05) is 0 Å². The molecule has 0 saturated carbocycles. The predicted molar refractivity (Wildman–Crippen MR) is 83.0 cm³/mol. The van der Waals surface area contributed by atoms with E-state index in [9.17, 15) is 0 Å². The van der Waals surface area contributed by atoms with Gasteiger partial charge in [0.05, 0.1) is 0 Å². The van der Waals surface area contributed by atoms with Gasteiger partial charge in [-0.3, -0.25) is 0 Å². The molecule has 0 spiro atoms. The maximum Gasteiger partial charge on any atom is 0.131 e. The Balaban J connectivity index is 1.79. The molecule has 0 aliphatic heterocycles. The molecule has 0 aliphatic rings. The van der Waals surface area contributed by atoms with Gasteiger partial charge in [-0.05, 0) is 55.0 Å². The van der Waals surface area contributed by atoms with E-state index in [0.717, 1.165) is 28.6 Å². The highest BCUT2D eigenvalue weighted by Gasteiger charge is 2.03. The van der Waals surface area contributed by atoms with Crippen molar-refractivity contribution < 1.29 is 9.47 Å². The summed E-state index contributed by atoms with van der Waals surface area (Å²) in [7, 11) is 0. The third-order valence-electron chi connectivity index (χ3n) is 3.03. The van der Waals surface area contributed by atoms with Crippen LogP contribution in [0.1, 0.15) is 5.56 Å². The Bertz CT molecular complexity index is 720. The Kier molecular flexibility index (Phi) is 3.88. The monoisotopic (exact) mass is 275 g/mol. The fraction of sp³-hybridized carbons (Fsp3) is 0.0526. The Morgan fingerprint density at radius 3 is 2.24 bits per heavy atom. The maximum absolute atomic E-state index is 5.89. The van der Waals surface area contributed by atoms with Crippen molar-refractivity contribution in [1.29, 1.82) is 0 Å². The van der Waals surface area contributed by atoms with Gasteiger partial charge in [-0.25, -0.2) is 0 Å². The molecular weight excluding hydrogens is 260 g/mol. The fourth-order valence-electron chi connectivity index (χ4n) is 1.97. The van der Waals surface area contributed by atoms with Gasteiger partial charge in [0.2, 0.25) is 0 Å². The maximum atomic E-state index is 5.89. The molecule has 0 unspecified atom stereocenters. The molecule has 2 nitrogen and oxygen atoms in total. The smallest absolute Gasteiger partial charge is 0.131 e. The number of aryl methyl sites for hydroxylation is 1. The van der Waals surface area contributed by atoms with E-state index in [1.165, 1.54) is 0 Å². The average Bonchev–Trinajstić information content (AvgIpc) is 2.51. The van der Waals surface area contributed by atoms with Crippen LogP contribution in [-0.2, 0) is 0 Å². The SMILES string of the molecule is Cc1c[c]ccc1Oc1cccc(Oc2ccccc2)c1. The van der Waals surface area contributed by atoms with E-state index >= 15 is 0 Å². The summed E-state index contributed by atoms with van der Waals surface area (Å²) >= 11 is 0. The normalized spacial score (nSPS) is 10.1. The lowest BCUT2D eigenvalue weighted by molar-refractivity contribution is 0.458. The summed E-state index contributed by atoms with van der Waals surface area (Å²) in [6.45, 7) is 2.00. The van der Waals surface area contributed by atoms with Crippen LogP contribution in [0.2, 0.25) is 0 Å². The van der Waals surface area contributed by atoms with Crippen LogP contribution in [0.3, 0.4) is 0 Å². The molecule has 21 heavy (non-hydrogen) atoms. The first-order valence-corrected chi connectivity index (χ1v) is 6.79. The zero-order valence-electron chi connectivity index (χ0n) is 11.7. The molecule has 0 bridgehead atoms. The van der Waals surface area contributed by atoms with Crippen LogP contribution in [0, 0.1) is 13.0 Å². The molecule has 103 valence electrons. The Hall–Kier alpha value is -2.74. The van der Waals surface area contributed by atoms with Gasteiger partial charge in [0.15, 0.2) is 0 Å². The number of benzene rings is 3. The first-order valence-electron chi connectivity index (χ1n) is 6.79. The molecule has 0 N–H and O–H groups in total. The third kappa shape index (κ3) is 3.42. The van der Waals surface area contributed by atoms with E-state index in [4.69, 9.17) is 9.47 Å². The van der Waals surface area contributed by atoms with E-state index in [-0.39, 0.29) is 0 Å². The van der Waals surface area contributed by atoms with Gasteiger partial charge in [0, 0.05) is 6.07 Å². The minimum Gasteiger partial charge on any atom is -0.457 e. The van der Waals surface area contributed by atoms with Crippen molar-refractivity contribution in [2.24, 2.45) is 0 Å². The molecule has 0 atom stereocenters. The van der Waals surface area contributed by atoms with Crippen LogP contribution in [0.5, 0.6) is 23.0 Å². The summed E-state index contributed by atoms with van der Waals surface area (Å²) in [5.41, 5.74) is 1.05. The van der Waals surface area contributed by atoms with Crippen molar-refractivity contribution in [2.45, 2.75) is 6.92 Å². The third-order valence-corrected chi connectivity index (χ3v) is 3.03. The van der Waals surface area contributed by atoms with Crippen LogP contribution in [0.15, 0.2) is 72.8 Å². The summed E-state index contributed by atoms with van der Waals surface area (Å²) in [4.78, 5) is 0. The lowest BCUT2D eigenvalue weighted by Crippen LogP contribution is -1.88. The highest BCUT2D eigenvalue weighted by molar-refractivity contribution is 5.41. The molecule has 0 amide bonds. The van der Waals surface area contributed by atoms with E-state index in [2.05, 4.69) is 6.07 Å². The predicted octanol–water partition coefficient (Wildman–Crippen LogP) is 5.38. The summed E-state index contributed by atoms with van der Waals surface area (Å²) in [5.74, 6) is 3.13. The molecule has 0 aliphatic carbocycles. The van der Waals surface area contributed by atoms with Gasteiger partial charge < -0.3 is 9.47 Å². The second kappa shape index (κ2) is 6.14. The quantitative estimate of drug-likeness (QED) is 0.636. The zero-order chi connectivity index (χ0) is 14.5. The lowest BCUT2D eigenvalue weighted by Gasteiger charge is -2.10. The Labute approximate surface area is 124 Å². The van der Waals surface area contributed by atoms with Crippen LogP contribution in [0.25, 0.3) is 0 Å². The first kappa shape index (κ1) is 13.3. The molecule has 3 rings (SSSR count). The minimum atomic E-state index is 0.748. The highest BCUT2D eigenvalue weighted by atomic mass is 16.5. The molecule has 2 heteroatoms. The van der Waals surface area contributed by atoms with Crippen LogP contribution < -0.4 is 9.47 Å². The first-order chi connectivity index (χ1) is 10.3. The van der Waals surface area contributed by atoms with Crippen molar-refractivity contribution in [3.05, 3.63) is 84.4 Å². The summed E-state index contributed by atoms with van der Waals surface area (Å²) in [5, 5.41) is 0. The van der Waals surface area contributed by atoms with E-state index in [0.29, 0.717) is 0 Å². The number of hydrogen-bond donors (Lipinski definition) is 0. The Morgan fingerprint density at radius 2 is 1.48 bits per heavy atom. The van der Waals surface area contributed by atoms with E-state index in [1.807, 2.05) is 79.7 Å². The summed E-state index contributed by atoms with van der Waals surface area (Å²) in [6, 6.07) is 26.0. The van der Waals surface area contributed by atoms with Crippen molar-refractivity contribution >= 4 is 0 Å². The van der Waals surface area contributed by atoms with Gasteiger partial charge in [0.1, 0.15) is 23.0 Å². The van der Waals surface area contributed by atoms with Gasteiger partial charge in [-0.1, -0.05) is 30.3 Å². The second-order valence-electron chi connectivity index (χ2n) is 4.68. The zero-order valence-corrected chi connectivity index (χ0v) is 11.7. The largest absolute Gasteiger partial charge is 0.457 e. The number of hydrogen-bond acceptors (Lipinski definition) is 2. The number of para-hydroxylation sites is 1. The standard InChI is InChI=1S/C19H15O2/c1-15-8-5-6-13-19(15)21-18-12-7-11-17(14-18)20-16-9-3-2-4-10-16/h2-4,6-14H,1H3. The number of ether oxygens (including phenoxy) is 2. The molecule has 3 aromatic carbocycles. The topological polar surface area (TPSA) is 18.5 Å². The summed E-state index contributed by atoms with van der Waals surface area (Å²) < 4.78 is 11.7. The molecule has 0 heterocycles. The lowest BCUT2D eigenvalue weighted by atomic mass is 10.2. The minimum absolute atomic E-state index is 0.748. The second-order valence-corrected chi connectivity index (χ2v) is 4.68. The average molecular weight is 275 g/mol. The van der Waals surface area contributed by atoms with E-state index < -0.39 is 0 Å². The Morgan fingerprint density at radius 1 is 0.762 bits per heavy atom. The summed E-state index contributed by atoms with van der Waals surface area (Å²) in [6.07, 6.45) is 0. The van der Waals surface area contributed by atoms with Gasteiger partial charge in [-0.15, -0.1) is 0 Å². The van der Waals surface area contributed by atoms with Crippen molar-refractivity contribution in [3.8, 4) is 23.0 Å². The molecule has 0 aromatic heterocycles. The molecule has 0 fully saturated rings. The molecule has 0 saturated heterocycles. The van der Waals surface area contributed by atoms with Crippen LogP contribution in [0.4, 0.5) is 0 Å². The van der Waals surface area contributed by atoms with Gasteiger partial charge in [-0.2, -0.15) is 0 Å². The fourth-order valence-corrected chi connectivity index (χ4v) is 1.97. The van der Waals surface area contributed by atoms with Crippen LogP contribution >= 0.6 is 0 Å². The van der Waals surface area contributed by atoms with Gasteiger partial charge >= 0.3 is 0 Å². The van der Waals surface area contributed by atoms with Crippen molar-refractivity contribution in [1.82, 2.24) is 0 Å². The molecule has 1 radical (unpaired) electrons. The molecule has 3 aromatic rings. The van der Waals surface area contributed by atoms with Crippen LogP contribution in [-0.4, -0.2) is 0 Å². The molecular formula is C19H15O2. The van der Waals surface area contributed by atoms with Gasteiger partial charge in [0.25, 0.3) is 0 Å².